The molecule has 154 valence electrons. The summed E-state index contributed by atoms with van der Waals surface area (Å²) in [6.07, 6.45) is 5.03. The Kier molecular flexibility index (Phi) is 7.19. The van der Waals surface area contributed by atoms with E-state index in [2.05, 4.69) is 4.98 Å². The number of nitrogens with zero attached hydrogens (tertiary/aromatic N) is 3. The van der Waals surface area contributed by atoms with Gasteiger partial charge in [0.1, 0.15) is 12.4 Å². The standard InChI is InChI=1S/C22H27N3O4/c1-2-24(15-21(26)27)19-8-11-25(12-9-19)22(28)18-6-3-7-20(13-18)29-16-17-5-4-10-23-14-17/h3-7,10,13-14,19H,2,8-9,11-12,15-16H2,1H3,(H,26,27). The number of amides is 1. The molecule has 7 heteroatoms. The molecule has 29 heavy (non-hydrogen) atoms. The van der Waals surface area contributed by atoms with Crippen LogP contribution in [0.15, 0.2) is 48.8 Å². The molecule has 0 spiro atoms. The fourth-order valence-corrected chi connectivity index (χ4v) is 3.66. The van der Waals surface area contributed by atoms with E-state index in [-0.39, 0.29) is 18.5 Å². The number of rotatable bonds is 8. The number of ether oxygens (including phenoxy) is 1. The van der Waals surface area contributed by atoms with E-state index < -0.39 is 5.97 Å². The number of carbonyl (C=O) groups is 2. The molecular formula is C22H27N3O4. The van der Waals surface area contributed by atoms with Gasteiger partial charge in [-0.2, -0.15) is 0 Å². The first kappa shape index (κ1) is 20.8. The summed E-state index contributed by atoms with van der Waals surface area (Å²) < 4.78 is 5.80. The Hall–Kier alpha value is -2.93. The summed E-state index contributed by atoms with van der Waals surface area (Å²) in [5.41, 5.74) is 1.57. The molecule has 0 atom stereocenters. The van der Waals surface area contributed by atoms with Crippen molar-refractivity contribution in [2.75, 3.05) is 26.2 Å². The normalized spacial score (nSPS) is 14.8. The maximum Gasteiger partial charge on any atom is 0.317 e. The van der Waals surface area contributed by atoms with Gasteiger partial charge in [0.2, 0.25) is 0 Å². The molecule has 1 aromatic carbocycles. The second-order valence-corrected chi connectivity index (χ2v) is 7.16. The van der Waals surface area contributed by atoms with Crippen LogP contribution in [0.4, 0.5) is 0 Å². The van der Waals surface area contributed by atoms with Gasteiger partial charge < -0.3 is 14.7 Å². The van der Waals surface area contributed by atoms with Gasteiger partial charge in [-0.1, -0.05) is 19.1 Å². The zero-order valence-electron chi connectivity index (χ0n) is 16.7. The summed E-state index contributed by atoms with van der Waals surface area (Å²) in [4.78, 5) is 31.8. The van der Waals surface area contributed by atoms with Gasteiger partial charge in [-0.25, -0.2) is 0 Å². The van der Waals surface area contributed by atoms with Crippen LogP contribution >= 0.6 is 0 Å². The van der Waals surface area contributed by atoms with E-state index >= 15 is 0 Å². The summed E-state index contributed by atoms with van der Waals surface area (Å²) in [5.74, 6) is -0.182. The molecule has 3 rings (SSSR count). The topological polar surface area (TPSA) is 83.0 Å². The number of carboxylic acids is 1. The zero-order chi connectivity index (χ0) is 20.6. The molecule has 1 saturated heterocycles. The van der Waals surface area contributed by atoms with Gasteiger partial charge in [-0.05, 0) is 43.7 Å². The molecule has 1 aliphatic rings. The minimum absolute atomic E-state index is 0.0171. The zero-order valence-corrected chi connectivity index (χ0v) is 16.7. The fraction of sp³-hybridized carbons (Fsp3) is 0.409. The Morgan fingerprint density at radius 3 is 2.69 bits per heavy atom. The first-order valence-electron chi connectivity index (χ1n) is 9.93. The van der Waals surface area contributed by atoms with Crippen molar-refractivity contribution in [2.24, 2.45) is 0 Å². The summed E-state index contributed by atoms with van der Waals surface area (Å²) in [5, 5.41) is 9.06. The quantitative estimate of drug-likeness (QED) is 0.737. The summed E-state index contributed by atoms with van der Waals surface area (Å²) in [7, 11) is 0. The molecular weight excluding hydrogens is 370 g/mol. The SMILES string of the molecule is CCN(CC(=O)O)C1CCN(C(=O)c2cccc(OCc3cccnc3)c2)CC1. The summed E-state index contributed by atoms with van der Waals surface area (Å²) in [6, 6.07) is 11.2. The second-order valence-electron chi connectivity index (χ2n) is 7.16. The summed E-state index contributed by atoms with van der Waals surface area (Å²) in [6.45, 7) is 4.36. The molecule has 1 aliphatic heterocycles. The Morgan fingerprint density at radius 2 is 2.03 bits per heavy atom. The number of pyridine rings is 1. The molecule has 0 unspecified atom stereocenters. The third kappa shape index (κ3) is 5.77. The van der Waals surface area contributed by atoms with Crippen molar-refractivity contribution in [1.29, 1.82) is 0 Å². The van der Waals surface area contributed by atoms with E-state index in [1.54, 1.807) is 24.5 Å². The molecule has 1 fully saturated rings. The van der Waals surface area contributed by atoms with Gasteiger partial charge >= 0.3 is 5.97 Å². The van der Waals surface area contributed by atoms with E-state index in [9.17, 15) is 9.59 Å². The monoisotopic (exact) mass is 397 g/mol. The minimum atomic E-state index is -0.812. The van der Waals surface area contributed by atoms with Gasteiger partial charge in [0.15, 0.2) is 0 Å². The second kappa shape index (κ2) is 10.0. The number of hydrogen-bond donors (Lipinski definition) is 1. The van der Waals surface area contributed by atoms with Crippen molar-refractivity contribution in [2.45, 2.75) is 32.4 Å². The van der Waals surface area contributed by atoms with E-state index in [0.717, 1.165) is 18.4 Å². The van der Waals surface area contributed by atoms with Gasteiger partial charge in [0.05, 0.1) is 6.54 Å². The number of aliphatic carboxylic acids is 1. The number of piperidine rings is 1. The van der Waals surface area contributed by atoms with Gasteiger partial charge in [0.25, 0.3) is 5.91 Å². The highest BCUT2D eigenvalue weighted by atomic mass is 16.5. The first-order chi connectivity index (χ1) is 14.1. The lowest BCUT2D eigenvalue weighted by Gasteiger charge is -2.37. The third-order valence-corrected chi connectivity index (χ3v) is 5.22. The Bertz CT molecular complexity index is 820. The van der Waals surface area contributed by atoms with Crippen LogP contribution in [-0.2, 0) is 11.4 Å². The van der Waals surface area contributed by atoms with E-state index in [1.807, 2.05) is 41.0 Å². The molecule has 0 saturated carbocycles. The molecule has 1 aromatic heterocycles. The highest BCUT2D eigenvalue weighted by Gasteiger charge is 2.27. The number of likely N-dealkylation sites (N-methyl/N-ethyl adjacent to an activating group) is 1. The molecule has 0 radical (unpaired) electrons. The molecule has 0 bridgehead atoms. The largest absolute Gasteiger partial charge is 0.489 e. The minimum Gasteiger partial charge on any atom is -0.489 e. The number of benzene rings is 1. The van der Waals surface area contributed by atoms with E-state index in [1.165, 1.54) is 0 Å². The smallest absolute Gasteiger partial charge is 0.317 e. The first-order valence-corrected chi connectivity index (χ1v) is 9.93. The molecule has 1 N–H and O–H groups in total. The number of carboxylic acid groups (broad SMARTS) is 1. The highest BCUT2D eigenvalue weighted by Crippen LogP contribution is 2.21. The Balaban J connectivity index is 1.56. The molecule has 2 heterocycles. The lowest BCUT2D eigenvalue weighted by atomic mass is 10.0. The average molecular weight is 397 g/mol. The van der Waals surface area contributed by atoms with Crippen molar-refractivity contribution in [3.8, 4) is 5.75 Å². The molecule has 2 aromatic rings. The van der Waals surface area contributed by atoms with Crippen molar-refractivity contribution in [1.82, 2.24) is 14.8 Å². The van der Waals surface area contributed by atoms with Crippen LogP contribution in [0, 0.1) is 0 Å². The Morgan fingerprint density at radius 1 is 1.24 bits per heavy atom. The van der Waals surface area contributed by atoms with Crippen LogP contribution in [0.2, 0.25) is 0 Å². The Labute approximate surface area is 170 Å². The average Bonchev–Trinajstić information content (AvgIpc) is 2.76. The van der Waals surface area contributed by atoms with E-state index in [4.69, 9.17) is 9.84 Å². The van der Waals surface area contributed by atoms with Crippen LogP contribution in [0.1, 0.15) is 35.7 Å². The van der Waals surface area contributed by atoms with Crippen LogP contribution in [0.3, 0.4) is 0 Å². The molecule has 7 nitrogen and oxygen atoms in total. The van der Waals surface area contributed by atoms with Gasteiger partial charge in [-0.3, -0.25) is 19.5 Å². The van der Waals surface area contributed by atoms with Crippen LogP contribution in [0.5, 0.6) is 5.75 Å². The maximum atomic E-state index is 12.9. The number of aromatic nitrogens is 1. The number of carbonyl (C=O) groups excluding carboxylic acids is 1. The van der Waals surface area contributed by atoms with Gasteiger partial charge in [0, 0.05) is 42.7 Å². The van der Waals surface area contributed by atoms with Crippen LogP contribution in [0.25, 0.3) is 0 Å². The molecule has 1 amide bonds. The van der Waals surface area contributed by atoms with Gasteiger partial charge in [-0.15, -0.1) is 0 Å². The number of hydrogen-bond acceptors (Lipinski definition) is 5. The summed E-state index contributed by atoms with van der Waals surface area (Å²) >= 11 is 0. The fourth-order valence-electron chi connectivity index (χ4n) is 3.66. The maximum absolute atomic E-state index is 12.9. The van der Waals surface area contributed by atoms with Crippen molar-refractivity contribution in [3.05, 3.63) is 59.9 Å². The van der Waals surface area contributed by atoms with Crippen molar-refractivity contribution in [3.63, 3.8) is 0 Å². The van der Waals surface area contributed by atoms with Crippen molar-refractivity contribution < 1.29 is 19.4 Å². The lowest BCUT2D eigenvalue weighted by molar-refractivity contribution is -0.139. The molecule has 0 aliphatic carbocycles. The predicted molar refractivity (Wildman–Crippen MR) is 109 cm³/mol. The van der Waals surface area contributed by atoms with Crippen molar-refractivity contribution >= 4 is 11.9 Å². The van der Waals surface area contributed by atoms with Crippen LogP contribution in [-0.4, -0.2) is 64.0 Å². The third-order valence-electron chi connectivity index (χ3n) is 5.22. The van der Waals surface area contributed by atoms with Crippen LogP contribution < -0.4 is 4.74 Å². The van der Waals surface area contributed by atoms with E-state index in [0.29, 0.717) is 37.6 Å². The number of likely N-dealkylation sites (tertiary alicyclic amines) is 1. The predicted octanol–water partition coefficient (Wildman–Crippen LogP) is 2.67. The highest BCUT2D eigenvalue weighted by molar-refractivity contribution is 5.94. The lowest BCUT2D eigenvalue weighted by Crippen LogP contribution is -2.48.